The van der Waals surface area contributed by atoms with Crippen LogP contribution in [0.1, 0.15) is 39.1 Å². The Morgan fingerprint density at radius 1 is 0.963 bits per heavy atom. The number of hydrogen-bond donors (Lipinski definition) is 3. The van der Waals surface area contributed by atoms with Crippen molar-refractivity contribution in [3.63, 3.8) is 0 Å². The molecule has 2 amide bonds. The molecule has 7 nitrogen and oxygen atoms in total. The predicted octanol–water partition coefficient (Wildman–Crippen LogP) is 2.05. The van der Waals surface area contributed by atoms with E-state index in [2.05, 4.69) is 15.4 Å². The van der Waals surface area contributed by atoms with Gasteiger partial charge < -0.3 is 10.6 Å². The highest BCUT2D eigenvalue weighted by Crippen LogP contribution is 2.23. The molecule has 0 bridgehead atoms. The number of carbonyl (C=O) groups excluding carboxylic acids is 2. The van der Waals surface area contributed by atoms with E-state index in [0.717, 1.165) is 18.4 Å². The quantitative estimate of drug-likeness (QED) is 0.705. The van der Waals surface area contributed by atoms with E-state index >= 15 is 0 Å². The molecule has 0 aliphatic heterocycles. The van der Waals surface area contributed by atoms with E-state index < -0.39 is 10.0 Å². The molecule has 0 saturated heterocycles. The number of benzene rings is 2. The number of carbonyl (C=O) groups is 2. The predicted molar refractivity (Wildman–Crippen MR) is 102 cm³/mol. The van der Waals surface area contributed by atoms with E-state index in [4.69, 9.17) is 0 Å². The summed E-state index contributed by atoms with van der Waals surface area (Å²) < 4.78 is 26.9. The fourth-order valence-corrected chi connectivity index (χ4v) is 3.86. The molecule has 27 heavy (non-hydrogen) atoms. The molecule has 0 unspecified atom stereocenters. The van der Waals surface area contributed by atoms with E-state index in [1.165, 1.54) is 24.3 Å². The third-order valence-corrected chi connectivity index (χ3v) is 5.83. The van der Waals surface area contributed by atoms with E-state index in [1.807, 2.05) is 0 Å². The second-order valence-corrected chi connectivity index (χ2v) is 8.20. The number of anilines is 1. The number of aryl methyl sites for hydroxylation is 1. The SMILES string of the molecule is CNC(=O)c1ccc(NC(=O)c2ccc(S(=O)(=O)NC3CC3)cc2)c(C)c1. The molecule has 1 aliphatic carbocycles. The van der Waals surface area contributed by atoms with Gasteiger partial charge in [-0.1, -0.05) is 0 Å². The summed E-state index contributed by atoms with van der Waals surface area (Å²) in [4.78, 5) is 24.2. The topological polar surface area (TPSA) is 104 Å². The first-order valence-electron chi connectivity index (χ1n) is 8.56. The zero-order valence-electron chi connectivity index (χ0n) is 15.1. The molecular formula is C19H21N3O4S. The molecular weight excluding hydrogens is 366 g/mol. The minimum Gasteiger partial charge on any atom is -0.355 e. The summed E-state index contributed by atoms with van der Waals surface area (Å²) in [5.41, 5.74) is 2.18. The maximum atomic E-state index is 12.4. The molecule has 0 spiro atoms. The van der Waals surface area contributed by atoms with E-state index in [-0.39, 0.29) is 22.8 Å². The van der Waals surface area contributed by atoms with Crippen LogP contribution < -0.4 is 15.4 Å². The second kappa shape index (κ2) is 7.50. The van der Waals surface area contributed by atoms with Gasteiger partial charge in [0.1, 0.15) is 0 Å². The molecule has 0 aromatic heterocycles. The first kappa shape index (κ1) is 19.1. The molecule has 3 N–H and O–H groups in total. The maximum Gasteiger partial charge on any atom is 0.255 e. The van der Waals surface area contributed by atoms with Gasteiger partial charge in [0.15, 0.2) is 0 Å². The van der Waals surface area contributed by atoms with Gasteiger partial charge in [0, 0.05) is 29.9 Å². The Labute approximate surface area is 158 Å². The van der Waals surface area contributed by atoms with Crippen LogP contribution in [0.25, 0.3) is 0 Å². The highest BCUT2D eigenvalue weighted by molar-refractivity contribution is 7.89. The van der Waals surface area contributed by atoms with Gasteiger partial charge in [-0.05, 0) is 67.8 Å². The summed E-state index contributed by atoms with van der Waals surface area (Å²) in [6.07, 6.45) is 1.72. The van der Waals surface area contributed by atoms with Crippen LogP contribution in [0.3, 0.4) is 0 Å². The van der Waals surface area contributed by atoms with Crippen molar-refractivity contribution >= 4 is 27.5 Å². The highest BCUT2D eigenvalue weighted by atomic mass is 32.2. The third-order valence-electron chi connectivity index (χ3n) is 4.29. The lowest BCUT2D eigenvalue weighted by atomic mass is 10.1. The van der Waals surface area contributed by atoms with Crippen molar-refractivity contribution in [3.8, 4) is 0 Å². The molecule has 1 saturated carbocycles. The lowest BCUT2D eigenvalue weighted by molar-refractivity contribution is 0.0962. The summed E-state index contributed by atoms with van der Waals surface area (Å²) in [5.74, 6) is -0.558. The summed E-state index contributed by atoms with van der Waals surface area (Å²) >= 11 is 0. The molecule has 0 atom stereocenters. The van der Waals surface area contributed by atoms with Crippen LogP contribution in [-0.4, -0.2) is 33.3 Å². The summed E-state index contributed by atoms with van der Waals surface area (Å²) in [6, 6.07) is 10.8. The van der Waals surface area contributed by atoms with Gasteiger partial charge in [-0.25, -0.2) is 13.1 Å². The molecule has 3 rings (SSSR count). The smallest absolute Gasteiger partial charge is 0.255 e. The van der Waals surface area contributed by atoms with Crippen molar-refractivity contribution < 1.29 is 18.0 Å². The fraction of sp³-hybridized carbons (Fsp3) is 0.263. The highest BCUT2D eigenvalue weighted by Gasteiger charge is 2.28. The van der Waals surface area contributed by atoms with Crippen molar-refractivity contribution in [3.05, 3.63) is 59.2 Å². The van der Waals surface area contributed by atoms with Crippen molar-refractivity contribution in [2.24, 2.45) is 0 Å². The normalized spacial score (nSPS) is 13.9. The number of nitrogens with one attached hydrogen (secondary N) is 3. The standard InChI is InChI=1S/C19H21N3O4S/c1-12-11-14(18(23)20-2)5-10-17(12)21-19(24)13-3-8-16(9-4-13)27(25,26)22-15-6-7-15/h3-5,8-11,15,22H,6-7H2,1-2H3,(H,20,23)(H,21,24). The number of hydrogen-bond acceptors (Lipinski definition) is 4. The Morgan fingerprint density at radius 3 is 2.15 bits per heavy atom. The first-order chi connectivity index (χ1) is 12.8. The number of sulfonamides is 1. The van der Waals surface area contributed by atoms with Crippen LogP contribution in [-0.2, 0) is 10.0 Å². The molecule has 8 heteroatoms. The van der Waals surface area contributed by atoms with Gasteiger partial charge in [0.05, 0.1) is 4.90 Å². The molecule has 2 aromatic rings. The van der Waals surface area contributed by atoms with Crippen molar-refractivity contribution in [1.82, 2.24) is 10.0 Å². The average Bonchev–Trinajstić information content (AvgIpc) is 3.46. The molecule has 1 fully saturated rings. The molecule has 0 heterocycles. The van der Waals surface area contributed by atoms with E-state index in [9.17, 15) is 18.0 Å². The van der Waals surface area contributed by atoms with Gasteiger partial charge >= 0.3 is 0 Å². The number of rotatable bonds is 6. The van der Waals surface area contributed by atoms with Crippen LogP contribution in [0.5, 0.6) is 0 Å². The van der Waals surface area contributed by atoms with Crippen molar-refractivity contribution in [2.75, 3.05) is 12.4 Å². The molecule has 1 aliphatic rings. The van der Waals surface area contributed by atoms with Gasteiger partial charge in [-0.15, -0.1) is 0 Å². The van der Waals surface area contributed by atoms with Crippen molar-refractivity contribution in [1.29, 1.82) is 0 Å². The van der Waals surface area contributed by atoms with Gasteiger partial charge in [0.2, 0.25) is 10.0 Å². The Bertz CT molecular complexity index is 981. The Balaban J connectivity index is 1.72. The Kier molecular flexibility index (Phi) is 5.29. The minimum absolute atomic E-state index is 0.0266. The monoisotopic (exact) mass is 387 g/mol. The van der Waals surface area contributed by atoms with Crippen molar-refractivity contribution in [2.45, 2.75) is 30.7 Å². The zero-order valence-corrected chi connectivity index (χ0v) is 15.9. The van der Waals surface area contributed by atoms with Crippen LogP contribution >= 0.6 is 0 Å². The van der Waals surface area contributed by atoms with Gasteiger partial charge in [-0.2, -0.15) is 0 Å². The van der Waals surface area contributed by atoms with Crippen LogP contribution in [0.4, 0.5) is 5.69 Å². The van der Waals surface area contributed by atoms with Crippen LogP contribution in [0.15, 0.2) is 47.4 Å². The van der Waals surface area contributed by atoms with Gasteiger partial charge in [0.25, 0.3) is 11.8 Å². The van der Waals surface area contributed by atoms with Gasteiger partial charge in [-0.3, -0.25) is 9.59 Å². The molecule has 2 aromatic carbocycles. The fourth-order valence-electron chi connectivity index (χ4n) is 2.56. The Hall–Kier alpha value is -2.71. The molecule has 142 valence electrons. The summed E-state index contributed by atoms with van der Waals surface area (Å²) in [6.45, 7) is 1.79. The lowest BCUT2D eigenvalue weighted by Crippen LogP contribution is -2.25. The lowest BCUT2D eigenvalue weighted by Gasteiger charge is -2.11. The number of amides is 2. The van der Waals surface area contributed by atoms with E-state index in [1.54, 1.807) is 32.2 Å². The minimum atomic E-state index is -3.54. The largest absolute Gasteiger partial charge is 0.355 e. The molecule has 0 radical (unpaired) electrons. The second-order valence-electron chi connectivity index (χ2n) is 6.48. The average molecular weight is 387 g/mol. The first-order valence-corrected chi connectivity index (χ1v) is 10.0. The zero-order chi connectivity index (χ0) is 19.6. The Morgan fingerprint density at radius 2 is 1.59 bits per heavy atom. The third kappa shape index (κ3) is 4.53. The summed E-state index contributed by atoms with van der Waals surface area (Å²) in [5, 5.41) is 5.32. The maximum absolute atomic E-state index is 12.4. The summed E-state index contributed by atoms with van der Waals surface area (Å²) in [7, 11) is -1.99. The van der Waals surface area contributed by atoms with Crippen LogP contribution in [0.2, 0.25) is 0 Å². The van der Waals surface area contributed by atoms with E-state index in [0.29, 0.717) is 16.8 Å². The van der Waals surface area contributed by atoms with Crippen LogP contribution in [0, 0.1) is 6.92 Å².